The number of nitrogens with zero attached hydrogens (tertiary/aromatic N) is 1. The van der Waals surface area contributed by atoms with Gasteiger partial charge in [-0.25, -0.2) is 0 Å². The minimum atomic E-state index is 0.674. The standard InChI is InChI=1S/C10H19N/c1-5-8-9-7(6-11(8)4)10(9,2)3/h7-9H,5-6H2,1-4H3/t7-,8-,9+/m0/s1. The Balaban J connectivity index is 2.11. The van der Waals surface area contributed by atoms with Gasteiger partial charge in [-0.3, -0.25) is 0 Å². The molecule has 0 radical (unpaired) electrons. The molecular weight excluding hydrogens is 134 g/mol. The lowest BCUT2D eigenvalue weighted by molar-refractivity contribution is 0.216. The van der Waals surface area contributed by atoms with Crippen LogP contribution in [0.2, 0.25) is 0 Å². The van der Waals surface area contributed by atoms with Gasteiger partial charge in [-0.2, -0.15) is 0 Å². The normalized spacial score (nSPS) is 47.5. The van der Waals surface area contributed by atoms with Gasteiger partial charge >= 0.3 is 0 Å². The van der Waals surface area contributed by atoms with Crippen molar-refractivity contribution in [3.63, 3.8) is 0 Å². The third kappa shape index (κ3) is 0.807. The van der Waals surface area contributed by atoms with E-state index in [1.807, 2.05) is 0 Å². The Hall–Kier alpha value is -0.0400. The molecule has 3 atom stereocenters. The van der Waals surface area contributed by atoms with Gasteiger partial charge in [0.05, 0.1) is 0 Å². The molecule has 64 valence electrons. The maximum Gasteiger partial charge on any atom is 0.0126 e. The molecule has 0 spiro atoms. The summed E-state index contributed by atoms with van der Waals surface area (Å²) in [5.41, 5.74) is 0.674. The van der Waals surface area contributed by atoms with Crippen molar-refractivity contribution in [2.24, 2.45) is 17.3 Å². The second-order valence-electron chi connectivity index (χ2n) is 4.87. The number of hydrogen-bond acceptors (Lipinski definition) is 1. The van der Waals surface area contributed by atoms with E-state index in [9.17, 15) is 0 Å². The summed E-state index contributed by atoms with van der Waals surface area (Å²) >= 11 is 0. The quantitative estimate of drug-likeness (QED) is 0.557. The minimum Gasteiger partial charge on any atom is -0.303 e. The van der Waals surface area contributed by atoms with E-state index in [0.29, 0.717) is 5.41 Å². The summed E-state index contributed by atoms with van der Waals surface area (Å²) in [5, 5.41) is 0. The van der Waals surface area contributed by atoms with Crippen LogP contribution in [-0.2, 0) is 0 Å². The molecule has 1 heterocycles. The summed E-state index contributed by atoms with van der Waals surface area (Å²) in [6.45, 7) is 8.52. The van der Waals surface area contributed by atoms with E-state index in [0.717, 1.165) is 17.9 Å². The summed E-state index contributed by atoms with van der Waals surface area (Å²) in [7, 11) is 2.27. The van der Waals surface area contributed by atoms with Gasteiger partial charge < -0.3 is 4.90 Å². The van der Waals surface area contributed by atoms with Gasteiger partial charge in [0.1, 0.15) is 0 Å². The van der Waals surface area contributed by atoms with E-state index in [-0.39, 0.29) is 0 Å². The van der Waals surface area contributed by atoms with Crippen molar-refractivity contribution in [1.82, 2.24) is 4.90 Å². The molecule has 2 rings (SSSR count). The highest BCUT2D eigenvalue weighted by Crippen LogP contribution is 2.64. The fraction of sp³-hybridized carbons (Fsp3) is 1.00. The number of likely N-dealkylation sites (tertiary alicyclic amines) is 1. The largest absolute Gasteiger partial charge is 0.303 e. The molecule has 0 bridgehead atoms. The molecule has 1 heteroatoms. The van der Waals surface area contributed by atoms with Crippen molar-refractivity contribution >= 4 is 0 Å². The minimum absolute atomic E-state index is 0.674. The van der Waals surface area contributed by atoms with Crippen molar-refractivity contribution in [1.29, 1.82) is 0 Å². The van der Waals surface area contributed by atoms with Gasteiger partial charge in [-0.15, -0.1) is 0 Å². The van der Waals surface area contributed by atoms with Crippen molar-refractivity contribution in [2.75, 3.05) is 13.6 Å². The molecule has 0 unspecified atom stereocenters. The highest BCUT2D eigenvalue weighted by atomic mass is 15.2. The first kappa shape index (κ1) is 7.60. The van der Waals surface area contributed by atoms with E-state index >= 15 is 0 Å². The highest BCUT2D eigenvalue weighted by Gasteiger charge is 2.65. The predicted molar refractivity (Wildman–Crippen MR) is 47.5 cm³/mol. The second-order valence-corrected chi connectivity index (χ2v) is 4.87. The summed E-state index contributed by atoms with van der Waals surface area (Å²) in [6.07, 6.45) is 1.33. The lowest BCUT2D eigenvalue weighted by atomic mass is 10.0. The molecule has 1 aliphatic heterocycles. The van der Waals surface area contributed by atoms with Crippen molar-refractivity contribution in [3.05, 3.63) is 0 Å². The van der Waals surface area contributed by atoms with Crippen LogP contribution in [0.25, 0.3) is 0 Å². The monoisotopic (exact) mass is 153 g/mol. The Morgan fingerprint density at radius 2 is 2.09 bits per heavy atom. The maximum absolute atomic E-state index is 2.54. The Labute approximate surface area is 69.8 Å². The van der Waals surface area contributed by atoms with Crippen LogP contribution in [0, 0.1) is 17.3 Å². The number of fused-ring (bicyclic) bond motifs is 1. The fourth-order valence-electron chi connectivity index (χ4n) is 3.18. The van der Waals surface area contributed by atoms with Gasteiger partial charge in [-0.1, -0.05) is 20.8 Å². The first-order chi connectivity index (χ1) is 5.09. The number of hydrogen-bond donors (Lipinski definition) is 0. The Kier molecular flexibility index (Phi) is 1.39. The third-order valence-corrected chi connectivity index (χ3v) is 4.02. The average Bonchev–Trinajstić information content (AvgIpc) is 2.38. The molecule has 0 amide bonds. The smallest absolute Gasteiger partial charge is 0.0126 e. The summed E-state index contributed by atoms with van der Waals surface area (Å²) < 4.78 is 0. The topological polar surface area (TPSA) is 3.24 Å². The predicted octanol–water partition coefficient (Wildman–Crippen LogP) is 1.98. The first-order valence-corrected chi connectivity index (χ1v) is 4.79. The molecule has 0 aromatic heterocycles. The van der Waals surface area contributed by atoms with Crippen LogP contribution in [0.4, 0.5) is 0 Å². The van der Waals surface area contributed by atoms with E-state index in [1.165, 1.54) is 13.0 Å². The molecule has 0 aromatic carbocycles. The van der Waals surface area contributed by atoms with E-state index in [2.05, 4.69) is 32.7 Å². The molecule has 0 N–H and O–H groups in total. The van der Waals surface area contributed by atoms with Gasteiger partial charge in [0.15, 0.2) is 0 Å². The molecule has 1 aliphatic carbocycles. The van der Waals surface area contributed by atoms with Crippen LogP contribution in [-0.4, -0.2) is 24.5 Å². The zero-order valence-corrected chi connectivity index (χ0v) is 8.09. The first-order valence-electron chi connectivity index (χ1n) is 4.79. The zero-order valence-electron chi connectivity index (χ0n) is 8.09. The molecule has 2 aliphatic rings. The van der Waals surface area contributed by atoms with E-state index in [1.54, 1.807) is 0 Å². The molecule has 1 saturated carbocycles. The second kappa shape index (κ2) is 2.01. The molecule has 1 saturated heterocycles. The van der Waals surface area contributed by atoms with Crippen molar-refractivity contribution < 1.29 is 0 Å². The lowest BCUT2D eigenvalue weighted by Gasteiger charge is -2.25. The van der Waals surface area contributed by atoms with Crippen LogP contribution in [0.5, 0.6) is 0 Å². The van der Waals surface area contributed by atoms with Crippen LogP contribution >= 0.6 is 0 Å². The third-order valence-electron chi connectivity index (χ3n) is 4.02. The summed E-state index contributed by atoms with van der Waals surface area (Å²) in [4.78, 5) is 2.54. The van der Waals surface area contributed by atoms with Crippen LogP contribution in [0.3, 0.4) is 0 Å². The van der Waals surface area contributed by atoms with Gasteiger partial charge in [-0.05, 0) is 30.7 Å². The van der Waals surface area contributed by atoms with E-state index in [4.69, 9.17) is 0 Å². The van der Waals surface area contributed by atoms with Crippen LogP contribution in [0.1, 0.15) is 27.2 Å². The highest BCUT2D eigenvalue weighted by molar-refractivity contribution is 5.15. The van der Waals surface area contributed by atoms with E-state index < -0.39 is 0 Å². The molecule has 1 nitrogen and oxygen atoms in total. The summed E-state index contributed by atoms with van der Waals surface area (Å²) in [5.74, 6) is 2.02. The SMILES string of the molecule is CC[C@H]1[C@H]2[C@H](CN1C)C2(C)C. The lowest BCUT2D eigenvalue weighted by Crippen LogP contribution is -2.32. The summed E-state index contributed by atoms with van der Waals surface area (Å²) in [6, 6.07) is 0.884. The van der Waals surface area contributed by atoms with Crippen molar-refractivity contribution in [3.8, 4) is 0 Å². The fourth-order valence-corrected chi connectivity index (χ4v) is 3.18. The Morgan fingerprint density at radius 3 is 2.45 bits per heavy atom. The van der Waals surface area contributed by atoms with Crippen LogP contribution < -0.4 is 0 Å². The molecular formula is C10H19N. The van der Waals surface area contributed by atoms with Crippen molar-refractivity contribution in [2.45, 2.75) is 33.2 Å². The molecule has 2 fully saturated rings. The zero-order chi connectivity index (χ0) is 8.22. The van der Waals surface area contributed by atoms with Gasteiger partial charge in [0.2, 0.25) is 0 Å². The number of rotatable bonds is 1. The molecule has 0 aromatic rings. The average molecular weight is 153 g/mol. The Bertz CT molecular complexity index is 174. The number of piperidine rings is 1. The van der Waals surface area contributed by atoms with Gasteiger partial charge in [0.25, 0.3) is 0 Å². The van der Waals surface area contributed by atoms with Crippen LogP contribution in [0.15, 0.2) is 0 Å². The van der Waals surface area contributed by atoms with Gasteiger partial charge in [0, 0.05) is 12.6 Å². The molecule has 11 heavy (non-hydrogen) atoms. The Morgan fingerprint density at radius 1 is 1.45 bits per heavy atom. The maximum atomic E-state index is 2.54.